The molecule has 1 nitrogen and oxygen atoms in total. The molecule has 0 radical (unpaired) electrons. The summed E-state index contributed by atoms with van der Waals surface area (Å²) >= 11 is 0. The lowest BCUT2D eigenvalue weighted by Gasteiger charge is -2.39. The molecular weight excluding hydrogens is 496 g/mol. The van der Waals surface area contributed by atoms with Crippen LogP contribution in [-0.4, -0.2) is 0 Å². The number of rotatable bonds is 1. The van der Waals surface area contributed by atoms with E-state index >= 15 is 0 Å². The van der Waals surface area contributed by atoms with Crippen LogP contribution in [0.15, 0.2) is 133 Å². The Balaban J connectivity index is 1.33. The molecule has 9 rings (SSSR count). The van der Waals surface area contributed by atoms with Crippen LogP contribution in [0.25, 0.3) is 33.4 Å². The number of hydrogen-bond acceptors (Lipinski definition) is 1. The summed E-state index contributed by atoms with van der Waals surface area (Å²) in [5.41, 5.74) is 15.1. The molecule has 194 valence electrons. The summed E-state index contributed by atoms with van der Waals surface area (Å²) < 4.78 is 6.79. The molecule has 0 saturated heterocycles. The quantitative estimate of drug-likeness (QED) is 0.208. The number of ether oxygens (including phenoxy) is 1. The zero-order valence-electron chi connectivity index (χ0n) is 23.1. The van der Waals surface area contributed by atoms with Crippen molar-refractivity contribution in [2.24, 2.45) is 0 Å². The molecule has 1 heteroatoms. The Morgan fingerprint density at radius 2 is 0.951 bits per heavy atom. The van der Waals surface area contributed by atoms with Gasteiger partial charge in [-0.25, -0.2) is 0 Å². The van der Waals surface area contributed by atoms with Gasteiger partial charge in [-0.05, 0) is 67.8 Å². The van der Waals surface area contributed by atoms with Crippen LogP contribution in [0.1, 0.15) is 47.2 Å². The Bertz CT molecular complexity index is 2020. The van der Waals surface area contributed by atoms with Gasteiger partial charge < -0.3 is 4.74 Å². The maximum Gasteiger partial charge on any atom is 0.132 e. The van der Waals surface area contributed by atoms with Gasteiger partial charge in [-0.15, -0.1) is 0 Å². The number of fused-ring (bicyclic) bond motifs is 12. The molecule has 3 aliphatic rings. The first-order valence-corrected chi connectivity index (χ1v) is 14.4. The van der Waals surface area contributed by atoms with Gasteiger partial charge in [-0.1, -0.05) is 135 Å². The van der Waals surface area contributed by atoms with Gasteiger partial charge in [0.2, 0.25) is 0 Å². The lowest BCUT2D eigenvalue weighted by molar-refractivity contribution is 0.436. The van der Waals surface area contributed by atoms with Gasteiger partial charge in [0.1, 0.15) is 11.5 Å². The zero-order valence-corrected chi connectivity index (χ0v) is 23.1. The predicted molar refractivity (Wildman–Crippen MR) is 167 cm³/mol. The highest BCUT2D eigenvalue weighted by Gasteiger charge is 2.51. The van der Waals surface area contributed by atoms with Crippen molar-refractivity contribution in [1.29, 1.82) is 0 Å². The van der Waals surface area contributed by atoms with Gasteiger partial charge in [-0.3, -0.25) is 0 Å². The predicted octanol–water partition coefficient (Wildman–Crippen LogP) is 10.1. The summed E-state index contributed by atoms with van der Waals surface area (Å²) in [6.45, 7) is 4.68. The Morgan fingerprint density at radius 1 is 0.415 bits per heavy atom. The van der Waals surface area contributed by atoms with Crippen LogP contribution in [0.2, 0.25) is 0 Å². The average Bonchev–Trinajstić information content (AvgIpc) is 3.44. The van der Waals surface area contributed by atoms with Crippen molar-refractivity contribution in [3.05, 3.63) is 167 Å². The van der Waals surface area contributed by atoms with Gasteiger partial charge in [0.25, 0.3) is 0 Å². The Morgan fingerprint density at radius 3 is 1.68 bits per heavy atom. The van der Waals surface area contributed by atoms with Crippen molar-refractivity contribution < 1.29 is 4.74 Å². The standard InChI is InChI=1S/C40H28O/c1-39(2)30-16-6-5-14-29(30)38-26(15-11-20-35(38)39)25-22-23-34-37(24-25)41-36-21-10-9-19-33(36)40(34)31-17-7-3-12-27(31)28-13-4-8-18-32(28)40/h3-24H,1-2H3. The summed E-state index contributed by atoms with van der Waals surface area (Å²) in [6.07, 6.45) is 0. The first kappa shape index (κ1) is 22.9. The van der Waals surface area contributed by atoms with E-state index in [9.17, 15) is 0 Å². The molecule has 6 aromatic carbocycles. The monoisotopic (exact) mass is 524 g/mol. The van der Waals surface area contributed by atoms with Gasteiger partial charge >= 0.3 is 0 Å². The van der Waals surface area contributed by atoms with E-state index in [4.69, 9.17) is 4.74 Å². The van der Waals surface area contributed by atoms with Crippen molar-refractivity contribution in [2.45, 2.75) is 24.7 Å². The molecule has 0 aromatic heterocycles. The van der Waals surface area contributed by atoms with E-state index in [1.807, 2.05) is 0 Å². The van der Waals surface area contributed by atoms with E-state index in [1.165, 1.54) is 66.8 Å². The van der Waals surface area contributed by atoms with Gasteiger partial charge in [0.15, 0.2) is 0 Å². The Labute approximate surface area is 240 Å². The highest BCUT2D eigenvalue weighted by molar-refractivity contribution is 5.94. The van der Waals surface area contributed by atoms with Crippen LogP contribution in [0.4, 0.5) is 0 Å². The number of benzene rings is 6. The summed E-state index contributed by atoms with van der Waals surface area (Å²) in [5, 5.41) is 0. The summed E-state index contributed by atoms with van der Waals surface area (Å²) in [7, 11) is 0. The molecule has 1 aliphatic heterocycles. The molecule has 0 N–H and O–H groups in total. The summed E-state index contributed by atoms with van der Waals surface area (Å²) in [4.78, 5) is 0. The number of para-hydroxylation sites is 1. The fraction of sp³-hybridized carbons (Fsp3) is 0.100. The van der Waals surface area contributed by atoms with Crippen molar-refractivity contribution in [3.8, 4) is 44.9 Å². The highest BCUT2D eigenvalue weighted by Crippen LogP contribution is 2.62. The molecule has 0 amide bonds. The maximum absolute atomic E-state index is 6.79. The van der Waals surface area contributed by atoms with Gasteiger partial charge in [0.05, 0.1) is 5.41 Å². The molecule has 41 heavy (non-hydrogen) atoms. The largest absolute Gasteiger partial charge is 0.457 e. The first-order chi connectivity index (χ1) is 20.1. The molecule has 0 fully saturated rings. The Kier molecular flexibility index (Phi) is 4.39. The van der Waals surface area contributed by atoms with E-state index in [0.29, 0.717) is 0 Å². The van der Waals surface area contributed by atoms with Crippen LogP contribution in [0, 0.1) is 0 Å². The van der Waals surface area contributed by atoms with Crippen molar-refractivity contribution in [2.75, 3.05) is 0 Å². The van der Waals surface area contributed by atoms with E-state index in [-0.39, 0.29) is 5.41 Å². The minimum Gasteiger partial charge on any atom is -0.457 e. The normalized spacial score (nSPS) is 15.7. The molecule has 2 aliphatic carbocycles. The minimum absolute atomic E-state index is 0.0348. The lowest BCUT2D eigenvalue weighted by atomic mass is 9.66. The smallest absolute Gasteiger partial charge is 0.132 e. The van der Waals surface area contributed by atoms with E-state index in [1.54, 1.807) is 0 Å². The topological polar surface area (TPSA) is 9.23 Å². The van der Waals surface area contributed by atoms with Crippen LogP contribution in [0.5, 0.6) is 11.5 Å². The highest BCUT2D eigenvalue weighted by atomic mass is 16.5. The van der Waals surface area contributed by atoms with Crippen molar-refractivity contribution >= 4 is 0 Å². The van der Waals surface area contributed by atoms with Crippen LogP contribution >= 0.6 is 0 Å². The van der Waals surface area contributed by atoms with Crippen molar-refractivity contribution in [1.82, 2.24) is 0 Å². The van der Waals surface area contributed by atoms with Gasteiger partial charge in [-0.2, -0.15) is 0 Å². The van der Waals surface area contributed by atoms with Crippen LogP contribution in [-0.2, 0) is 10.8 Å². The third-order valence-corrected chi connectivity index (χ3v) is 9.77. The minimum atomic E-state index is -0.427. The van der Waals surface area contributed by atoms with E-state index in [2.05, 4.69) is 147 Å². The van der Waals surface area contributed by atoms with Crippen LogP contribution in [0.3, 0.4) is 0 Å². The zero-order chi connectivity index (χ0) is 27.3. The third-order valence-electron chi connectivity index (χ3n) is 9.77. The maximum atomic E-state index is 6.79. The summed E-state index contributed by atoms with van der Waals surface area (Å²) in [5.74, 6) is 1.85. The number of hydrogen-bond donors (Lipinski definition) is 0. The first-order valence-electron chi connectivity index (χ1n) is 14.4. The van der Waals surface area contributed by atoms with E-state index < -0.39 is 5.41 Å². The van der Waals surface area contributed by atoms with E-state index in [0.717, 1.165) is 11.5 Å². The fourth-order valence-electron chi connectivity index (χ4n) is 8.02. The second-order valence-corrected chi connectivity index (χ2v) is 12.0. The SMILES string of the molecule is CC1(C)c2ccccc2-c2c(-c3ccc4c(c3)Oc3ccccc3C43c4ccccc4-c4ccccc43)cccc21. The molecule has 1 heterocycles. The molecule has 0 saturated carbocycles. The molecule has 1 spiro atoms. The fourth-order valence-corrected chi connectivity index (χ4v) is 8.02. The molecular formula is C40H28O. The molecule has 0 bridgehead atoms. The molecule has 0 unspecified atom stereocenters. The lowest BCUT2D eigenvalue weighted by Crippen LogP contribution is -2.32. The molecule has 0 atom stereocenters. The summed E-state index contributed by atoms with van der Waals surface area (Å²) in [6, 6.07) is 48.9. The van der Waals surface area contributed by atoms with Crippen LogP contribution < -0.4 is 4.74 Å². The van der Waals surface area contributed by atoms with Crippen molar-refractivity contribution in [3.63, 3.8) is 0 Å². The molecule has 6 aromatic rings. The third kappa shape index (κ3) is 2.76. The average molecular weight is 525 g/mol. The second kappa shape index (κ2) is 7.86. The van der Waals surface area contributed by atoms with Gasteiger partial charge in [0, 0.05) is 16.5 Å². The second-order valence-electron chi connectivity index (χ2n) is 12.0. The Hall–Kier alpha value is -4.88.